The van der Waals surface area contributed by atoms with Crippen LogP contribution in [0.25, 0.3) is 0 Å². The molecule has 0 aromatic heterocycles. The van der Waals surface area contributed by atoms with E-state index in [4.69, 9.17) is 9.68 Å². The number of hydrogen-bond acceptors (Lipinski definition) is 3. The molecule has 3 nitrogen and oxygen atoms in total. The van der Waals surface area contributed by atoms with Gasteiger partial charge in [-0.1, -0.05) is 25.0 Å². The van der Waals surface area contributed by atoms with Crippen molar-refractivity contribution in [3.63, 3.8) is 0 Å². The Hall–Kier alpha value is -0.120. The van der Waals surface area contributed by atoms with Crippen molar-refractivity contribution in [2.75, 3.05) is 19.8 Å². The zero-order chi connectivity index (χ0) is 9.23. The minimum absolute atomic E-state index is 0.668. The van der Waals surface area contributed by atoms with Crippen LogP contribution in [0.15, 0.2) is 0 Å². The standard InChI is InChI=1S/C9H21NO2/c1-4-7-8-9-12-10(5-2)11-6-3/h4-9H2,1-3H3. The van der Waals surface area contributed by atoms with Crippen LogP contribution in [0.2, 0.25) is 0 Å². The lowest BCUT2D eigenvalue weighted by molar-refractivity contribution is -0.364. The molecule has 0 aliphatic rings. The highest BCUT2D eigenvalue weighted by Crippen LogP contribution is 1.97. The van der Waals surface area contributed by atoms with E-state index < -0.39 is 0 Å². The fourth-order valence-electron chi connectivity index (χ4n) is 0.882. The van der Waals surface area contributed by atoms with Crippen LogP contribution in [0.4, 0.5) is 0 Å². The van der Waals surface area contributed by atoms with Gasteiger partial charge < -0.3 is 0 Å². The van der Waals surface area contributed by atoms with Crippen LogP contribution in [0, 0.1) is 0 Å². The third-order valence-corrected chi connectivity index (χ3v) is 1.51. The van der Waals surface area contributed by atoms with Gasteiger partial charge in [0.15, 0.2) is 0 Å². The molecule has 0 bridgehead atoms. The largest absolute Gasteiger partial charge is 0.274 e. The van der Waals surface area contributed by atoms with E-state index in [-0.39, 0.29) is 0 Å². The van der Waals surface area contributed by atoms with Crippen LogP contribution in [0.1, 0.15) is 40.0 Å². The zero-order valence-corrected chi connectivity index (χ0v) is 8.51. The van der Waals surface area contributed by atoms with Crippen LogP contribution >= 0.6 is 0 Å². The van der Waals surface area contributed by atoms with Gasteiger partial charge in [0.1, 0.15) is 0 Å². The number of hydrogen-bond donors (Lipinski definition) is 0. The molecule has 0 aromatic carbocycles. The Balaban J connectivity index is 3.19. The van der Waals surface area contributed by atoms with E-state index >= 15 is 0 Å². The summed E-state index contributed by atoms with van der Waals surface area (Å²) in [6.45, 7) is 8.36. The van der Waals surface area contributed by atoms with Crippen molar-refractivity contribution in [1.29, 1.82) is 0 Å². The normalized spacial score (nSPS) is 11.0. The van der Waals surface area contributed by atoms with Crippen LogP contribution < -0.4 is 0 Å². The Morgan fingerprint density at radius 2 is 1.75 bits per heavy atom. The average molecular weight is 175 g/mol. The lowest BCUT2D eigenvalue weighted by Crippen LogP contribution is -2.24. The highest BCUT2D eigenvalue weighted by molar-refractivity contribution is 4.34. The van der Waals surface area contributed by atoms with E-state index in [0.29, 0.717) is 6.61 Å². The van der Waals surface area contributed by atoms with E-state index in [1.165, 1.54) is 12.8 Å². The molecule has 0 aliphatic carbocycles. The van der Waals surface area contributed by atoms with Crippen LogP contribution in [-0.4, -0.2) is 25.0 Å². The van der Waals surface area contributed by atoms with Crippen molar-refractivity contribution in [3.8, 4) is 0 Å². The lowest BCUT2D eigenvalue weighted by atomic mass is 10.3. The maximum atomic E-state index is 5.34. The van der Waals surface area contributed by atoms with Crippen molar-refractivity contribution in [1.82, 2.24) is 5.23 Å². The molecule has 0 saturated heterocycles. The van der Waals surface area contributed by atoms with Crippen LogP contribution in [-0.2, 0) is 9.68 Å². The van der Waals surface area contributed by atoms with E-state index in [1.54, 1.807) is 5.23 Å². The molecular weight excluding hydrogens is 154 g/mol. The molecule has 74 valence electrons. The minimum Gasteiger partial charge on any atom is -0.274 e. The van der Waals surface area contributed by atoms with E-state index in [9.17, 15) is 0 Å². The highest BCUT2D eigenvalue weighted by Gasteiger charge is 1.99. The summed E-state index contributed by atoms with van der Waals surface area (Å²) < 4.78 is 0. The predicted molar refractivity (Wildman–Crippen MR) is 49.5 cm³/mol. The van der Waals surface area contributed by atoms with E-state index in [1.807, 2.05) is 13.8 Å². The molecule has 0 radical (unpaired) electrons. The molecule has 12 heavy (non-hydrogen) atoms. The lowest BCUT2D eigenvalue weighted by Gasteiger charge is -2.17. The quantitative estimate of drug-likeness (QED) is 0.417. The second kappa shape index (κ2) is 8.97. The van der Waals surface area contributed by atoms with Gasteiger partial charge in [-0.3, -0.25) is 9.68 Å². The van der Waals surface area contributed by atoms with E-state index in [0.717, 1.165) is 19.6 Å². The third kappa shape index (κ3) is 6.58. The Bertz CT molecular complexity index is 88.6. The monoisotopic (exact) mass is 175 g/mol. The van der Waals surface area contributed by atoms with Crippen molar-refractivity contribution in [2.24, 2.45) is 0 Å². The first kappa shape index (κ1) is 11.9. The minimum atomic E-state index is 0.668. The summed E-state index contributed by atoms with van der Waals surface area (Å²) in [5.41, 5.74) is 0. The average Bonchev–Trinajstić information content (AvgIpc) is 2.10. The summed E-state index contributed by atoms with van der Waals surface area (Å²) in [7, 11) is 0. The van der Waals surface area contributed by atoms with Crippen molar-refractivity contribution in [3.05, 3.63) is 0 Å². The van der Waals surface area contributed by atoms with Crippen molar-refractivity contribution >= 4 is 0 Å². The summed E-state index contributed by atoms with van der Waals surface area (Å²) in [6.07, 6.45) is 3.56. The number of hydroxylamine groups is 2. The van der Waals surface area contributed by atoms with Crippen molar-refractivity contribution < 1.29 is 9.68 Å². The first-order valence-electron chi connectivity index (χ1n) is 4.88. The summed E-state index contributed by atoms with van der Waals surface area (Å²) in [5, 5.41) is 1.55. The van der Waals surface area contributed by atoms with Crippen LogP contribution in [0.3, 0.4) is 0 Å². The topological polar surface area (TPSA) is 21.7 Å². The van der Waals surface area contributed by atoms with Gasteiger partial charge in [0.05, 0.1) is 13.2 Å². The molecule has 0 spiro atoms. The summed E-state index contributed by atoms with van der Waals surface area (Å²) in [6, 6.07) is 0. The summed E-state index contributed by atoms with van der Waals surface area (Å²) in [5.74, 6) is 0. The van der Waals surface area contributed by atoms with Gasteiger partial charge in [-0.05, 0) is 20.3 Å². The molecule has 0 amide bonds. The molecule has 3 heteroatoms. The Morgan fingerprint density at radius 1 is 1.00 bits per heavy atom. The van der Waals surface area contributed by atoms with E-state index in [2.05, 4.69) is 6.92 Å². The van der Waals surface area contributed by atoms with Crippen molar-refractivity contribution in [2.45, 2.75) is 40.0 Å². The Kier molecular flexibility index (Phi) is 8.88. The molecule has 0 rings (SSSR count). The first-order chi connectivity index (χ1) is 5.85. The third-order valence-electron chi connectivity index (χ3n) is 1.51. The predicted octanol–water partition coefficient (Wildman–Crippen LogP) is 2.38. The summed E-state index contributed by atoms with van der Waals surface area (Å²) >= 11 is 0. The molecule has 0 N–H and O–H groups in total. The molecule has 0 saturated carbocycles. The fourth-order valence-corrected chi connectivity index (χ4v) is 0.882. The van der Waals surface area contributed by atoms with Gasteiger partial charge in [0.2, 0.25) is 0 Å². The Labute approximate surface area is 75.6 Å². The van der Waals surface area contributed by atoms with Gasteiger partial charge in [-0.25, -0.2) is 0 Å². The maximum absolute atomic E-state index is 5.34. The number of nitrogens with zero attached hydrogens (tertiary/aromatic N) is 1. The second-order valence-corrected chi connectivity index (χ2v) is 2.61. The Morgan fingerprint density at radius 3 is 2.25 bits per heavy atom. The zero-order valence-electron chi connectivity index (χ0n) is 8.51. The maximum Gasteiger partial charge on any atom is 0.0711 e. The van der Waals surface area contributed by atoms with Gasteiger partial charge in [0.25, 0.3) is 0 Å². The molecular formula is C9H21NO2. The van der Waals surface area contributed by atoms with Gasteiger partial charge in [-0.2, -0.15) is 0 Å². The second-order valence-electron chi connectivity index (χ2n) is 2.61. The van der Waals surface area contributed by atoms with Crippen LogP contribution in [0.5, 0.6) is 0 Å². The summed E-state index contributed by atoms with van der Waals surface area (Å²) in [4.78, 5) is 10.5. The van der Waals surface area contributed by atoms with Gasteiger partial charge >= 0.3 is 0 Å². The SMILES string of the molecule is CCCCCON(CC)OCC. The smallest absolute Gasteiger partial charge is 0.0711 e. The first-order valence-corrected chi connectivity index (χ1v) is 4.88. The molecule has 0 fully saturated rings. The fraction of sp³-hybridized carbons (Fsp3) is 1.00. The number of unbranched alkanes of at least 4 members (excludes halogenated alkanes) is 2. The van der Waals surface area contributed by atoms with Gasteiger partial charge in [-0.15, -0.1) is 0 Å². The highest BCUT2D eigenvalue weighted by atomic mass is 16.9. The molecule has 0 aliphatic heterocycles. The molecule has 0 heterocycles. The van der Waals surface area contributed by atoms with Gasteiger partial charge in [0, 0.05) is 6.54 Å². The molecule has 0 aromatic rings. The molecule has 0 atom stereocenters. The molecule has 0 unspecified atom stereocenters. The number of rotatable bonds is 8.